The van der Waals surface area contributed by atoms with Gasteiger partial charge in [-0.05, 0) is 17.7 Å². The van der Waals surface area contributed by atoms with Gasteiger partial charge in [-0.1, -0.05) is 39.8 Å². The van der Waals surface area contributed by atoms with Gasteiger partial charge in [-0.25, -0.2) is 0 Å². The first kappa shape index (κ1) is 14.9. The molecule has 0 atom stereocenters. The van der Waals surface area contributed by atoms with Gasteiger partial charge in [0, 0.05) is 4.47 Å². The molecule has 6 nitrogen and oxygen atoms in total. The molecule has 1 aromatic carbocycles. The van der Waals surface area contributed by atoms with Crippen LogP contribution in [-0.4, -0.2) is 33.6 Å². The summed E-state index contributed by atoms with van der Waals surface area (Å²) in [7, 11) is 1.35. The number of benzene rings is 1. The summed E-state index contributed by atoms with van der Waals surface area (Å²) in [6.45, 7) is 0.551. The van der Waals surface area contributed by atoms with E-state index in [1.165, 1.54) is 18.9 Å². The van der Waals surface area contributed by atoms with Crippen molar-refractivity contribution in [2.24, 2.45) is 0 Å². The van der Waals surface area contributed by atoms with Crippen LogP contribution in [0.4, 0.5) is 5.95 Å². The third kappa shape index (κ3) is 3.73. The van der Waals surface area contributed by atoms with Crippen LogP contribution in [0.2, 0.25) is 0 Å². The molecule has 0 aliphatic rings. The number of methoxy groups -OCH3 is 1. The summed E-state index contributed by atoms with van der Waals surface area (Å²) in [5.41, 5.74) is 6.88. The van der Waals surface area contributed by atoms with Gasteiger partial charge < -0.3 is 10.5 Å². The summed E-state index contributed by atoms with van der Waals surface area (Å²) >= 11 is 4.64. The summed E-state index contributed by atoms with van der Waals surface area (Å²) in [6, 6.07) is 7.88. The highest BCUT2D eigenvalue weighted by atomic mass is 79.9. The van der Waals surface area contributed by atoms with Gasteiger partial charge in [0.25, 0.3) is 0 Å². The van der Waals surface area contributed by atoms with E-state index in [9.17, 15) is 4.79 Å². The number of nitrogen functional groups attached to an aromatic ring is 1. The van der Waals surface area contributed by atoms with Crippen molar-refractivity contribution < 1.29 is 9.53 Å². The monoisotopic (exact) mass is 356 g/mol. The fourth-order valence-corrected chi connectivity index (χ4v) is 2.55. The van der Waals surface area contributed by atoms with Crippen molar-refractivity contribution in [2.75, 3.05) is 18.6 Å². The third-order valence-electron chi connectivity index (χ3n) is 2.55. The zero-order valence-corrected chi connectivity index (χ0v) is 13.1. The smallest absolute Gasteiger partial charge is 0.316 e. The minimum absolute atomic E-state index is 0.176. The molecule has 2 N–H and O–H groups in total. The fourth-order valence-electron chi connectivity index (χ4n) is 1.51. The van der Waals surface area contributed by atoms with Crippen molar-refractivity contribution in [2.45, 2.75) is 11.7 Å². The highest BCUT2D eigenvalue weighted by Gasteiger charge is 2.12. The summed E-state index contributed by atoms with van der Waals surface area (Å²) < 4.78 is 7.37. The molecule has 8 heteroatoms. The van der Waals surface area contributed by atoms with Crippen molar-refractivity contribution >= 4 is 39.6 Å². The predicted octanol–water partition coefficient (Wildman–Crippen LogP) is 1.94. The second-order valence-electron chi connectivity index (χ2n) is 3.92. The van der Waals surface area contributed by atoms with E-state index >= 15 is 0 Å². The van der Waals surface area contributed by atoms with Crippen molar-refractivity contribution in [1.29, 1.82) is 0 Å². The zero-order chi connectivity index (χ0) is 14.5. The van der Waals surface area contributed by atoms with Crippen LogP contribution in [0.25, 0.3) is 0 Å². The Kier molecular flexibility index (Phi) is 5.02. The molecule has 2 aromatic rings. The quantitative estimate of drug-likeness (QED) is 0.650. The number of anilines is 1. The topological polar surface area (TPSA) is 83.0 Å². The number of carbonyl (C=O) groups is 1. The number of ether oxygens (including phenoxy) is 1. The minimum atomic E-state index is -0.313. The number of thioether (sulfide) groups is 1. The maximum absolute atomic E-state index is 11.2. The Hall–Kier alpha value is -1.54. The molecule has 0 aliphatic carbocycles. The van der Waals surface area contributed by atoms with Crippen LogP contribution in [-0.2, 0) is 16.1 Å². The SMILES string of the molecule is COC(=O)CSc1nnc(N)n1Cc1ccc(Br)cc1. The largest absolute Gasteiger partial charge is 0.468 e. The van der Waals surface area contributed by atoms with Gasteiger partial charge in [-0.15, -0.1) is 10.2 Å². The van der Waals surface area contributed by atoms with Crippen molar-refractivity contribution in [3.63, 3.8) is 0 Å². The standard InChI is InChI=1S/C12H13BrN4O2S/c1-19-10(18)7-20-12-16-15-11(14)17(12)6-8-2-4-9(13)5-3-8/h2-5H,6-7H2,1H3,(H2,14,15). The maximum atomic E-state index is 11.2. The maximum Gasteiger partial charge on any atom is 0.316 e. The third-order valence-corrected chi connectivity index (χ3v) is 4.02. The van der Waals surface area contributed by atoms with E-state index in [2.05, 4.69) is 30.9 Å². The summed E-state index contributed by atoms with van der Waals surface area (Å²) in [5, 5.41) is 8.41. The highest BCUT2D eigenvalue weighted by Crippen LogP contribution is 2.20. The Balaban J connectivity index is 2.12. The molecule has 0 spiro atoms. The first-order valence-corrected chi connectivity index (χ1v) is 7.50. The van der Waals surface area contributed by atoms with Crippen LogP contribution >= 0.6 is 27.7 Å². The average molecular weight is 357 g/mol. The van der Waals surface area contributed by atoms with Gasteiger partial charge in [0.15, 0.2) is 5.16 Å². The summed E-state index contributed by atoms with van der Waals surface area (Å²) in [6.07, 6.45) is 0. The first-order valence-electron chi connectivity index (χ1n) is 5.73. The number of hydrogen-bond acceptors (Lipinski definition) is 6. The lowest BCUT2D eigenvalue weighted by molar-refractivity contribution is -0.137. The van der Waals surface area contributed by atoms with E-state index in [4.69, 9.17) is 5.73 Å². The molecule has 106 valence electrons. The molecule has 0 radical (unpaired) electrons. The predicted molar refractivity (Wildman–Crippen MR) is 80.4 cm³/mol. The van der Waals surface area contributed by atoms with E-state index < -0.39 is 0 Å². The second kappa shape index (κ2) is 6.76. The van der Waals surface area contributed by atoms with E-state index in [1.54, 1.807) is 4.57 Å². The van der Waals surface area contributed by atoms with Gasteiger partial charge in [0.2, 0.25) is 5.95 Å². The molecule has 0 aliphatic heterocycles. The van der Waals surface area contributed by atoms with Gasteiger partial charge in [-0.3, -0.25) is 9.36 Å². The van der Waals surface area contributed by atoms with Crippen molar-refractivity contribution in [3.8, 4) is 0 Å². The van der Waals surface area contributed by atoms with Gasteiger partial charge in [0.1, 0.15) is 0 Å². The van der Waals surface area contributed by atoms with Gasteiger partial charge in [0.05, 0.1) is 19.4 Å². The number of halogens is 1. The van der Waals surface area contributed by atoms with Crippen molar-refractivity contribution in [1.82, 2.24) is 14.8 Å². The zero-order valence-electron chi connectivity index (χ0n) is 10.7. The molecule has 0 unspecified atom stereocenters. The Morgan fingerprint density at radius 3 is 2.75 bits per heavy atom. The van der Waals surface area contributed by atoms with Crippen LogP contribution in [0.5, 0.6) is 0 Å². The van der Waals surface area contributed by atoms with Crippen LogP contribution in [0.3, 0.4) is 0 Å². The Morgan fingerprint density at radius 1 is 1.40 bits per heavy atom. The Morgan fingerprint density at radius 2 is 2.10 bits per heavy atom. The van der Waals surface area contributed by atoms with Crippen LogP contribution in [0, 0.1) is 0 Å². The number of aromatic nitrogens is 3. The minimum Gasteiger partial charge on any atom is -0.468 e. The Labute approximate surface area is 128 Å². The summed E-state index contributed by atoms with van der Waals surface area (Å²) in [4.78, 5) is 11.2. The van der Waals surface area contributed by atoms with E-state index in [0.717, 1.165) is 10.0 Å². The molecule has 0 saturated heterocycles. The van der Waals surface area contributed by atoms with E-state index in [-0.39, 0.29) is 11.7 Å². The lowest BCUT2D eigenvalue weighted by Gasteiger charge is -2.07. The molecule has 1 aromatic heterocycles. The molecule has 20 heavy (non-hydrogen) atoms. The molecular weight excluding hydrogens is 344 g/mol. The molecule has 0 amide bonds. The molecular formula is C12H13BrN4O2S. The van der Waals surface area contributed by atoms with Crippen LogP contribution in [0.1, 0.15) is 5.56 Å². The van der Waals surface area contributed by atoms with Gasteiger partial charge >= 0.3 is 5.97 Å². The van der Waals surface area contributed by atoms with Crippen LogP contribution < -0.4 is 5.73 Å². The number of rotatable bonds is 5. The molecule has 0 bridgehead atoms. The average Bonchev–Trinajstić information content (AvgIpc) is 2.79. The number of hydrogen-bond donors (Lipinski definition) is 1. The van der Waals surface area contributed by atoms with E-state index in [1.807, 2.05) is 24.3 Å². The molecule has 1 heterocycles. The second-order valence-corrected chi connectivity index (χ2v) is 5.78. The van der Waals surface area contributed by atoms with Crippen LogP contribution in [0.15, 0.2) is 33.9 Å². The Bertz CT molecular complexity index is 600. The lowest BCUT2D eigenvalue weighted by atomic mass is 10.2. The lowest BCUT2D eigenvalue weighted by Crippen LogP contribution is -2.08. The number of carbonyl (C=O) groups excluding carboxylic acids is 1. The normalized spacial score (nSPS) is 10.5. The highest BCUT2D eigenvalue weighted by molar-refractivity contribution is 9.10. The van der Waals surface area contributed by atoms with Gasteiger partial charge in [-0.2, -0.15) is 0 Å². The van der Waals surface area contributed by atoms with E-state index in [0.29, 0.717) is 17.6 Å². The number of esters is 1. The number of nitrogens with zero attached hydrogens (tertiary/aromatic N) is 3. The summed E-state index contributed by atoms with van der Waals surface area (Å²) in [5.74, 6) is 0.182. The fraction of sp³-hybridized carbons (Fsp3) is 0.250. The molecule has 2 rings (SSSR count). The van der Waals surface area contributed by atoms with Crippen molar-refractivity contribution in [3.05, 3.63) is 34.3 Å². The molecule has 0 saturated carbocycles. The number of nitrogens with two attached hydrogens (primary N) is 1. The first-order chi connectivity index (χ1) is 9.60. The molecule has 0 fully saturated rings.